The van der Waals surface area contributed by atoms with E-state index in [9.17, 15) is 0 Å². The summed E-state index contributed by atoms with van der Waals surface area (Å²) in [5.74, 6) is 2.02. The van der Waals surface area contributed by atoms with Crippen LogP contribution in [0.4, 0.5) is 0 Å². The highest BCUT2D eigenvalue weighted by molar-refractivity contribution is 6.18. The van der Waals surface area contributed by atoms with E-state index in [0.29, 0.717) is 17.5 Å². The highest BCUT2D eigenvalue weighted by Gasteiger charge is 2.35. The fraction of sp³-hybridized carbons (Fsp3) is 0.104. The average Bonchev–Trinajstić information content (AvgIpc) is 3.84. The van der Waals surface area contributed by atoms with Crippen LogP contribution in [0.1, 0.15) is 43.6 Å². The molecular formula is C48H34N4O. The summed E-state index contributed by atoms with van der Waals surface area (Å²) in [5.41, 5.74) is 13.2. The summed E-state index contributed by atoms with van der Waals surface area (Å²) in [5, 5.41) is 4.55. The first kappa shape index (κ1) is 30.1. The van der Waals surface area contributed by atoms with Crippen molar-refractivity contribution in [3.8, 4) is 39.6 Å². The van der Waals surface area contributed by atoms with Crippen LogP contribution in [0.3, 0.4) is 0 Å². The molecule has 11 rings (SSSR count). The lowest BCUT2D eigenvalue weighted by molar-refractivity contribution is 0.571. The normalized spacial score (nSPS) is 14.3. The van der Waals surface area contributed by atoms with Crippen molar-refractivity contribution in [1.82, 2.24) is 19.5 Å². The van der Waals surface area contributed by atoms with Gasteiger partial charge in [-0.05, 0) is 77.6 Å². The van der Waals surface area contributed by atoms with Crippen LogP contribution >= 0.6 is 0 Å². The van der Waals surface area contributed by atoms with Crippen LogP contribution in [-0.4, -0.2) is 19.5 Å². The van der Waals surface area contributed by atoms with Gasteiger partial charge in [-0.3, -0.25) is 0 Å². The van der Waals surface area contributed by atoms with Crippen molar-refractivity contribution in [2.45, 2.75) is 32.1 Å². The minimum absolute atomic E-state index is 0.138. The Morgan fingerprint density at radius 1 is 0.604 bits per heavy atom. The first-order valence-corrected chi connectivity index (χ1v) is 18.3. The molecule has 0 fully saturated rings. The van der Waals surface area contributed by atoms with Crippen molar-refractivity contribution in [2.75, 3.05) is 0 Å². The van der Waals surface area contributed by atoms with Gasteiger partial charge in [-0.2, -0.15) is 0 Å². The van der Waals surface area contributed by atoms with E-state index in [-0.39, 0.29) is 5.41 Å². The van der Waals surface area contributed by atoms with Gasteiger partial charge in [0.1, 0.15) is 11.0 Å². The number of para-hydroxylation sites is 2. The van der Waals surface area contributed by atoms with Gasteiger partial charge in [0, 0.05) is 43.8 Å². The first-order chi connectivity index (χ1) is 26.0. The van der Waals surface area contributed by atoms with E-state index >= 15 is 0 Å². The van der Waals surface area contributed by atoms with Crippen LogP contribution in [0.15, 0.2) is 144 Å². The Balaban J connectivity index is 1.22. The predicted octanol–water partition coefficient (Wildman–Crippen LogP) is 10.1. The fourth-order valence-electron chi connectivity index (χ4n) is 8.84. The molecule has 5 nitrogen and oxygen atoms in total. The van der Waals surface area contributed by atoms with Gasteiger partial charge in [0.25, 0.3) is 0 Å². The monoisotopic (exact) mass is 682 g/mol. The zero-order chi connectivity index (χ0) is 35.3. The van der Waals surface area contributed by atoms with E-state index in [1.807, 2.05) is 18.2 Å². The first-order valence-electron chi connectivity index (χ1n) is 18.3. The lowest BCUT2D eigenvalue weighted by Crippen LogP contribution is -2.28. The van der Waals surface area contributed by atoms with Crippen molar-refractivity contribution in [3.05, 3.63) is 167 Å². The van der Waals surface area contributed by atoms with E-state index < -0.39 is 0 Å². The second-order valence-electron chi connectivity index (χ2n) is 14.7. The Labute approximate surface area is 306 Å². The topological polar surface area (TPSA) is 56.7 Å². The molecule has 252 valence electrons. The molecule has 0 spiro atoms. The summed E-state index contributed by atoms with van der Waals surface area (Å²) in [6, 6.07) is 49.3. The van der Waals surface area contributed by atoms with Crippen LogP contribution in [0.25, 0.3) is 84.0 Å². The second kappa shape index (κ2) is 11.2. The van der Waals surface area contributed by atoms with Gasteiger partial charge < -0.3 is 8.98 Å². The molecule has 53 heavy (non-hydrogen) atoms. The molecule has 0 radical (unpaired) electrons. The lowest BCUT2D eigenvalue weighted by atomic mass is 9.82. The van der Waals surface area contributed by atoms with Crippen LogP contribution in [0.5, 0.6) is 0 Å². The molecular weight excluding hydrogens is 649 g/mol. The SMILES string of the molecule is CC1(C)c2ccccc2-c2ccc(-c3nc(C4=c5c(oc6ccc7c8ccccc8n(-c8ccccc8)c7c56)=CCC4)nc(-c4ccccc4)n3)cc21. The van der Waals surface area contributed by atoms with Gasteiger partial charge in [0.2, 0.25) is 0 Å². The molecule has 2 aliphatic rings. The molecule has 0 bridgehead atoms. The summed E-state index contributed by atoms with van der Waals surface area (Å²) in [4.78, 5) is 15.8. The Morgan fingerprint density at radius 3 is 2.15 bits per heavy atom. The van der Waals surface area contributed by atoms with E-state index in [0.717, 1.165) is 67.9 Å². The number of hydrogen-bond acceptors (Lipinski definition) is 4. The summed E-state index contributed by atoms with van der Waals surface area (Å²) >= 11 is 0. The number of benzene rings is 6. The van der Waals surface area contributed by atoms with Gasteiger partial charge in [-0.1, -0.05) is 117 Å². The van der Waals surface area contributed by atoms with Crippen molar-refractivity contribution in [1.29, 1.82) is 0 Å². The molecule has 0 amide bonds. The van der Waals surface area contributed by atoms with Crippen molar-refractivity contribution >= 4 is 44.4 Å². The predicted molar refractivity (Wildman–Crippen MR) is 214 cm³/mol. The molecule has 3 heterocycles. The summed E-state index contributed by atoms with van der Waals surface area (Å²) in [6.07, 6.45) is 3.84. The molecule has 0 aliphatic heterocycles. The highest BCUT2D eigenvalue weighted by atomic mass is 16.3. The van der Waals surface area contributed by atoms with Crippen LogP contribution < -0.4 is 10.6 Å². The smallest absolute Gasteiger partial charge is 0.164 e. The fourth-order valence-corrected chi connectivity index (χ4v) is 8.84. The number of furan rings is 1. The molecule has 3 aromatic heterocycles. The quantitative estimate of drug-likeness (QED) is 0.185. The molecule has 9 aromatic rings. The Kier molecular flexibility index (Phi) is 6.36. The Bertz CT molecular complexity index is 3080. The van der Waals surface area contributed by atoms with Crippen LogP contribution in [0.2, 0.25) is 0 Å². The van der Waals surface area contributed by atoms with Gasteiger partial charge >= 0.3 is 0 Å². The van der Waals surface area contributed by atoms with Gasteiger partial charge in [0.05, 0.1) is 16.4 Å². The minimum atomic E-state index is -0.138. The molecule has 0 saturated carbocycles. The molecule has 0 unspecified atom stereocenters. The van der Waals surface area contributed by atoms with E-state index in [1.54, 1.807) is 0 Å². The minimum Gasteiger partial charge on any atom is -0.456 e. The van der Waals surface area contributed by atoms with Crippen LogP contribution in [0, 0.1) is 0 Å². The summed E-state index contributed by atoms with van der Waals surface area (Å²) < 4.78 is 9.09. The lowest BCUT2D eigenvalue weighted by Gasteiger charge is -2.21. The second-order valence-corrected chi connectivity index (χ2v) is 14.7. The Morgan fingerprint density at radius 2 is 1.30 bits per heavy atom. The third-order valence-electron chi connectivity index (χ3n) is 11.3. The van der Waals surface area contributed by atoms with Gasteiger partial charge in [-0.15, -0.1) is 0 Å². The molecule has 5 heteroatoms. The molecule has 0 atom stereocenters. The number of nitrogens with zero attached hydrogens (tertiary/aromatic N) is 4. The van der Waals surface area contributed by atoms with E-state index in [2.05, 4.69) is 146 Å². The number of fused-ring (bicyclic) bond motifs is 10. The van der Waals surface area contributed by atoms with Gasteiger partial charge in [-0.25, -0.2) is 15.0 Å². The van der Waals surface area contributed by atoms with Crippen molar-refractivity contribution in [2.24, 2.45) is 0 Å². The summed E-state index contributed by atoms with van der Waals surface area (Å²) in [7, 11) is 0. The molecule has 0 N–H and O–H groups in total. The standard InChI is InChI=1S/C48H34N4O/c1-48(2)37-21-11-9-18-32(37)33-25-24-30(28-38(33)48)46-49-45(29-14-5-3-6-15-29)50-47(51-46)36-20-13-23-40-42(36)43-41(53-40)27-26-35-34-19-10-12-22-39(34)52(44(35)43)31-16-7-4-8-17-31/h3-12,14-19,21-28H,13,20H2,1-2H3. The maximum atomic E-state index is 6.71. The van der Waals surface area contributed by atoms with E-state index in [1.165, 1.54) is 33.0 Å². The molecule has 6 aromatic carbocycles. The third-order valence-corrected chi connectivity index (χ3v) is 11.3. The van der Waals surface area contributed by atoms with Crippen molar-refractivity contribution < 1.29 is 4.42 Å². The highest BCUT2D eigenvalue weighted by Crippen LogP contribution is 2.49. The molecule has 0 saturated heterocycles. The number of hydrogen-bond donors (Lipinski definition) is 0. The zero-order valence-corrected chi connectivity index (χ0v) is 29.5. The summed E-state index contributed by atoms with van der Waals surface area (Å²) in [6.45, 7) is 4.62. The van der Waals surface area contributed by atoms with Gasteiger partial charge in [0.15, 0.2) is 17.5 Å². The third kappa shape index (κ3) is 4.40. The Hall–Kier alpha value is -6.59. The maximum Gasteiger partial charge on any atom is 0.164 e. The number of rotatable bonds is 4. The largest absolute Gasteiger partial charge is 0.456 e. The maximum absolute atomic E-state index is 6.71. The number of aromatic nitrogens is 4. The average molecular weight is 683 g/mol. The zero-order valence-electron chi connectivity index (χ0n) is 29.5. The molecule has 2 aliphatic carbocycles. The van der Waals surface area contributed by atoms with E-state index in [4.69, 9.17) is 19.4 Å². The van der Waals surface area contributed by atoms with Crippen molar-refractivity contribution in [3.63, 3.8) is 0 Å². The van der Waals surface area contributed by atoms with Crippen LogP contribution in [-0.2, 0) is 5.41 Å².